The van der Waals surface area contributed by atoms with Crippen LogP contribution in [0.1, 0.15) is 65.6 Å². The Labute approximate surface area is 179 Å². The first-order valence-corrected chi connectivity index (χ1v) is 11.4. The molecule has 4 rings (SSSR count). The minimum Gasteiger partial charge on any atom is -0.299 e. The first-order chi connectivity index (χ1) is 14.2. The van der Waals surface area contributed by atoms with Gasteiger partial charge in [0, 0.05) is 30.1 Å². The van der Waals surface area contributed by atoms with Crippen molar-refractivity contribution in [3.05, 3.63) is 75.8 Å². The Balaban J connectivity index is 1.26. The maximum atomic E-state index is 12.7. The highest BCUT2D eigenvalue weighted by Gasteiger charge is 2.15. The maximum absolute atomic E-state index is 12.7. The van der Waals surface area contributed by atoms with E-state index in [1.807, 2.05) is 12.1 Å². The van der Waals surface area contributed by atoms with E-state index in [9.17, 15) is 4.79 Å². The number of carbonyl (C=O) groups excluding carboxylic acids is 1. The fourth-order valence-electron chi connectivity index (χ4n) is 4.53. The first-order valence-electron chi connectivity index (χ1n) is 11.0. The zero-order valence-corrected chi connectivity index (χ0v) is 17.9. The maximum Gasteiger partial charge on any atom is 0.162 e. The Morgan fingerprint density at radius 1 is 0.931 bits per heavy atom. The van der Waals surface area contributed by atoms with Gasteiger partial charge >= 0.3 is 0 Å². The van der Waals surface area contributed by atoms with Crippen LogP contribution in [0.15, 0.2) is 48.5 Å². The van der Waals surface area contributed by atoms with Crippen LogP contribution in [0.3, 0.4) is 0 Å². The molecule has 0 atom stereocenters. The molecule has 3 heteroatoms. The third kappa shape index (κ3) is 5.38. The van der Waals surface area contributed by atoms with Crippen LogP contribution in [-0.4, -0.2) is 30.3 Å². The molecule has 0 bridgehead atoms. The highest BCUT2D eigenvalue weighted by atomic mass is 35.5. The smallest absolute Gasteiger partial charge is 0.162 e. The minimum atomic E-state index is 0.298. The number of benzene rings is 2. The Hall–Kier alpha value is -1.90. The number of ketones is 1. The van der Waals surface area contributed by atoms with Gasteiger partial charge in [0.25, 0.3) is 0 Å². The lowest BCUT2D eigenvalue weighted by Gasteiger charge is -2.26. The molecule has 0 unspecified atom stereocenters. The van der Waals surface area contributed by atoms with Crippen molar-refractivity contribution in [2.24, 2.45) is 0 Å². The van der Waals surface area contributed by atoms with Crippen molar-refractivity contribution in [1.82, 2.24) is 4.90 Å². The monoisotopic (exact) mass is 407 g/mol. The van der Waals surface area contributed by atoms with E-state index in [-0.39, 0.29) is 0 Å². The fourth-order valence-corrected chi connectivity index (χ4v) is 4.66. The van der Waals surface area contributed by atoms with Gasteiger partial charge in [-0.3, -0.25) is 9.69 Å². The molecule has 0 aromatic heterocycles. The SMILES string of the molecule is O=C(CCCN1CC=C(c2ccc(Cl)cc2)CC1)c1ccc2c(c1)CCCCC2. The molecule has 0 spiro atoms. The summed E-state index contributed by atoms with van der Waals surface area (Å²) in [4.78, 5) is 15.1. The molecule has 0 amide bonds. The number of hydrogen-bond acceptors (Lipinski definition) is 2. The summed E-state index contributed by atoms with van der Waals surface area (Å²) < 4.78 is 0. The lowest BCUT2D eigenvalue weighted by molar-refractivity contribution is 0.0975. The first kappa shape index (κ1) is 20.4. The van der Waals surface area contributed by atoms with Gasteiger partial charge in [-0.15, -0.1) is 0 Å². The summed E-state index contributed by atoms with van der Waals surface area (Å²) in [6, 6.07) is 14.5. The highest BCUT2D eigenvalue weighted by Crippen LogP contribution is 2.25. The van der Waals surface area contributed by atoms with E-state index in [2.05, 4.69) is 41.3 Å². The summed E-state index contributed by atoms with van der Waals surface area (Å²) in [6.07, 6.45) is 11.1. The average molecular weight is 408 g/mol. The van der Waals surface area contributed by atoms with Crippen LogP contribution in [0.2, 0.25) is 5.02 Å². The second-order valence-electron chi connectivity index (χ2n) is 8.36. The number of carbonyl (C=O) groups is 1. The lowest BCUT2D eigenvalue weighted by atomic mass is 9.97. The molecule has 0 N–H and O–H groups in total. The average Bonchev–Trinajstić information content (AvgIpc) is 2.99. The number of rotatable bonds is 6. The highest BCUT2D eigenvalue weighted by molar-refractivity contribution is 6.30. The number of hydrogen-bond donors (Lipinski definition) is 0. The molecule has 0 saturated carbocycles. The number of aryl methyl sites for hydroxylation is 2. The van der Waals surface area contributed by atoms with Gasteiger partial charge in [0.1, 0.15) is 0 Å². The van der Waals surface area contributed by atoms with E-state index in [4.69, 9.17) is 11.6 Å². The van der Waals surface area contributed by atoms with Gasteiger partial charge in [0.2, 0.25) is 0 Å². The second kappa shape index (κ2) is 9.73. The van der Waals surface area contributed by atoms with Crippen LogP contribution >= 0.6 is 11.6 Å². The van der Waals surface area contributed by atoms with Crippen LogP contribution in [0, 0.1) is 0 Å². The van der Waals surface area contributed by atoms with Crippen LogP contribution in [0.4, 0.5) is 0 Å². The van der Waals surface area contributed by atoms with Crippen LogP contribution in [0.25, 0.3) is 5.57 Å². The lowest BCUT2D eigenvalue weighted by Crippen LogP contribution is -2.29. The van der Waals surface area contributed by atoms with Crippen molar-refractivity contribution in [1.29, 1.82) is 0 Å². The summed E-state index contributed by atoms with van der Waals surface area (Å²) in [6.45, 7) is 3.01. The van der Waals surface area contributed by atoms with Crippen molar-refractivity contribution in [3.63, 3.8) is 0 Å². The molecular formula is C26H30ClNO. The van der Waals surface area contributed by atoms with Crippen LogP contribution in [0.5, 0.6) is 0 Å². The molecule has 29 heavy (non-hydrogen) atoms. The van der Waals surface area contributed by atoms with Crippen molar-refractivity contribution in [2.45, 2.75) is 51.4 Å². The molecule has 1 heterocycles. The Bertz CT molecular complexity index is 884. The number of halogens is 1. The molecule has 1 aliphatic carbocycles. The molecule has 0 radical (unpaired) electrons. The summed E-state index contributed by atoms with van der Waals surface area (Å²) in [5.41, 5.74) is 6.44. The molecule has 2 nitrogen and oxygen atoms in total. The van der Waals surface area contributed by atoms with Gasteiger partial charge in [-0.1, -0.05) is 48.4 Å². The third-order valence-corrected chi connectivity index (χ3v) is 6.56. The van der Waals surface area contributed by atoms with E-state index < -0.39 is 0 Å². The molecule has 2 aliphatic rings. The van der Waals surface area contributed by atoms with Crippen molar-refractivity contribution < 1.29 is 4.79 Å². The number of Topliss-reactive ketones (excluding diaryl/α,β-unsaturated/α-hetero) is 1. The van der Waals surface area contributed by atoms with Crippen molar-refractivity contribution in [3.8, 4) is 0 Å². The third-order valence-electron chi connectivity index (χ3n) is 6.31. The zero-order valence-electron chi connectivity index (χ0n) is 17.1. The van der Waals surface area contributed by atoms with Gasteiger partial charge in [-0.2, -0.15) is 0 Å². The van der Waals surface area contributed by atoms with Crippen molar-refractivity contribution in [2.75, 3.05) is 19.6 Å². The fraction of sp³-hybridized carbons (Fsp3) is 0.423. The van der Waals surface area contributed by atoms with Crippen LogP contribution in [-0.2, 0) is 12.8 Å². The van der Waals surface area contributed by atoms with Gasteiger partial charge in [0.05, 0.1) is 0 Å². The summed E-state index contributed by atoms with van der Waals surface area (Å²) in [5.74, 6) is 0.298. The van der Waals surface area contributed by atoms with Gasteiger partial charge in [-0.05, 0) is 85.5 Å². The molecule has 2 aromatic carbocycles. The summed E-state index contributed by atoms with van der Waals surface area (Å²) in [7, 11) is 0. The summed E-state index contributed by atoms with van der Waals surface area (Å²) >= 11 is 5.99. The predicted molar refractivity (Wildman–Crippen MR) is 122 cm³/mol. The number of nitrogens with zero attached hydrogens (tertiary/aromatic N) is 1. The molecule has 1 aliphatic heterocycles. The Morgan fingerprint density at radius 3 is 2.48 bits per heavy atom. The van der Waals surface area contributed by atoms with Crippen molar-refractivity contribution >= 4 is 23.0 Å². The molecular weight excluding hydrogens is 378 g/mol. The molecule has 152 valence electrons. The minimum absolute atomic E-state index is 0.298. The largest absolute Gasteiger partial charge is 0.299 e. The Morgan fingerprint density at radius 2 is 1.72 bits per heavy atom. The normalized spacial score (nSPS) is 17.3. The Kier molecular flexibility index (Phi) is 6.84. The topological polar surface area (TPSA) is 20.3 Å². The number of fused-ring (bicyclic) bond motifs is 1. The molecule has 0 saturated heterocycles. The second-order valence-corrected chi connectivity index (χ2v) is 8.79. The van der Waals surface area contributed by atoms with E-state index >= 15 is 0 Å². The molecule has 0 fully saturated rings. The van der Waals surface area contributed by atoms with E-state index in [1.165, 1.54) is 47.9 Å². The van der Waals surface area contributed by atoms with E-state index in [0.29, 0.717) is 12.2 Å². The summed E-state index contributed by atoms with van der Waals surface area (Å²) in [5, 5.41) is 0.783. The predicted octanol–water partition coefficient (Wildman–Crippen LogP) is 6.36. The van der Waals surface area contributed by atoms with E-state index in [0.717, 1.165) is 49.5 Å². The zero-order chi connectivity index (χ0) is 20.1. The molecule has 2 aromatic rings. The van der Waals surface area contributed by atoms with Crippen LogP contribution < -0.4 is 0 Å². The van der Waals surface area contributed by atoms with Gasteiger partial charge in [0.15, 0.2) is 5.78 Å². The van der Waals surface area contributed by atoms with E-state index in [1.54, 1.807) is 0 Å². The van der Waals surface area contributed by atoms with Gasteiger partial charge in [-0.25, -0.2) is 0 Å². The van der Waals surface area contributed by atoms with Gasteiger partial charge < -0.3 is 0 Å². The standard InChI is InChI=1S/C26H30ClNO/c27-25-12-10-21(11-13-25)22-14-17-28(18-15-22)16-4-7-26(29)24-9-8-20-5-2-1-3-6-23(20)19-24/h8-14,19H,1-7,15-18H2. The quantitative estimate of drug-likeness (QED) is 0.410.